The molecule has 9 heteroatoms. The molecule has 36 heavy (non-hydrogen) atoms. The van der Waals surface area contributed by atoms with Crippen LogP contribution in [0.3, 0.4) is 0 Å². The lowest BCUT2D eigenvalue weighted by atomic mass is 10.1. The van der Waals surface area contributed by atoms with Crippen LogP contribution in [0.5, 0.6) is 5.75 Å². The Balaban J connectivity index is 1.92. The first-order valence-corrected chi connectivity index (χ1v) is 14.1. The van der Waals surface area contributed by atoms with E-state index in [9.17, 15) is 18.0 Å². The smallest absolute Gasteiger partial charge is 0.244 e. The van der Waals surface area contributed by atoms with Crippen molar-refractivity contribution in [2.45, 2.75) is 65.1 Å². The van der Waals surface area contributed by atoms with Gasteiger partial charge in [-0.15, -0.1) is 0 Å². The number of nitrogens with one attached hydrogen (secondary N) is 1. The van der Waals surface area contributed by atoms with Gasteiger partial charge < -0.3 is 15.0 Å². The Hall–Kier alpha value is -3.07. The summed E-state index contributed by atoms with van der Waals surface area (Å²) in [7, 11) is -2.38. The minimum Gasteiger partial charge on any atom is -0.495 e. The van der Waals surface area contributed by atoms with Crippen molar-refractivity contribution in [1.29, 1.82) is 0 Å². The molecule has 0 bridgehead atoms. The summed E-state index contributed by atoms with van der Waals surface area (Å²) in [6.45, 7) is 5.23. The summed E-state index contributed by atoms with van der Waals surface area (Å²) >= 11 is 0. The van der Waals surface area contributed by atoms with Crippen molar-refractivity contribution in [1.82, 2.24) is 10.2 Å². The lowest BCUT2D eigenvalue weighted by Gasteiger charge is -2.32. The molecule has 0 spiro atoms. The summed E-state index contributed by atoms with van der Waals surface area (Å²) in [4.78, 5) is 28.3. The zero-order valence-electron chi connectivity index (χ0n) is 21.8. The first-order chi connectivity index (χ1) is 17.0. The van der Waals surface area contributed by atoms with Crippen molar-refractivity contribution in [2.75, 3.05) is 24.2 Å². The predicted octanol–water partition coefficient (Wildman–Crippen LogP) is 3.55. The third-order valence-electron chi connectivity index (χ3n) is 6.62. The highest BCUT2D eigenvalue weighted by Crippen LogP contribution is 2.31. The van der Waals surface area contributed by atoms with E-state index in [-0.39, 0.29) is 24.2 Å². The second kappa shape index (κ2) is 11.8. The Kier molecular flexibility index (Phi) is 9.00. The van der Waals surface area contributed by atoms with E-state index < -0.39 is 28.5 Å². The Bertz CT molecular complexity index is 1170. The van der Waals surface area contributed by atoms with Crippen LogP contribution in [0, 0.1) is 13.8 Å². The van der Waals surface area contributed by atoms with Crippen LogP contribution in [0.15, 0.2) is 42.5 Å². The molecule has 1 saturated carbocycles. The van der Waals surface area contributed by atoms with Gasteiger partial charge in [0, 0.05) is 12.6 Å². The summed E-state index contributed by atoms with van der Waals surface area (Å²) in [6.07, 6.45) is 5.07. The normalized spacial score (nSPS) is 14.8. The zero-order valence-corrected chi connectivity index (χ0v) is 22.6. The summed E-state index contributed by atoms with van der Waals surface area (Å²) in [6, 6.07) is 12.2. The molecule has 0 radical (unpaired) electrons. The molecule has 2 aromatic carbocycles. The maximum absolute atomic E-state index is 13.7. The third kappa shape index (κ3) is 7.00. The number of aryl methyl sites for hydroxylation is 2. The van der Waals surface area contributed by atoms with Gasteiger partial charge in [0.1, 0.15) is 18.3 Å². The van der Waals surface area contributed by atoms with Crippen LogP contribution < -0.4 is 14.4 Å². The van der Waals surface area contributed by atoms with Crippen LogP contribution >= 0.6 is 0 Å². The van der Waals surface area contributed by atoms with Crippen LogP contribution in [0.1, 0.15) is 49.3 Å². The molecule has 196 valence electrons. The lowest BCUT2D eigenvalue weighted by molar-refractivity contribution is -0.139. The lowest BCUT2D eigenvalue weighted by Crippen LogP contribution is -2.52. The predicted molar refractivity (Wildman–Crippen MR) is 142 cm³/mol. The minimum atomic E-state index is -3.83. The van der Waals surface area contributed by atoms with E-state index >= 15 is 0 Å². The number of nitrogens with zero attached hydrogens (tertiary/aromatic N) is 2. The summed E-state index contributed by atoms with van der Waals surface area (Å²) < 4.78 is 32.1. The Labute approximate surface area is 214 Å². The molecule has 1 aliphatic carbocycles. The Morgan fingerprint density at radius 3 is 2.25 bits per heavy atom. The Morgan fingerprint density at radius 2 is 1.67 bits per heavy atom. The molecule has 3 rings (SSSR count). The number of hydrogen-bond donors (Lipinski definition) is 1. The summed E-state index contributed by atoms with van der Waals surface area (Å²) in [5.74, 6) is -0.365. The highest BCUT2D eigenvalue weighted by molar-refractivity contribution is 7.92. The molecule has 8 nitrogen and oxygen atoms in total. The van der Waals surface area contributed by atoms with Gasteiger partial charge in [-0.1, -0.05) is 48.7 Å². The van der Waals surface area contributed by atoms with Gasteiger partial charge in [0.05, 0.1) is 19.1 Å². The SMILES string of the molecule is COc1ccc(C)cc1N(CC(=O)N(Cc1ccc(C)cc1)[C@H](C)C(=O)NC1CCCC1)S(C)(=O)=O. The van der Waals surface area contributed by atoms with Gasteiger partial charge >= 0.3 is 0 Å². The quantitative estimate of drug-likeness (QED) is 0.522. The molecule has 1 aliphatic rings. The maximum atomic E-state index is 13.7. The number of ether oxygens (including phenoxy) is 1. The molecular weight excluding hydrogens is 478 g/mol. The molecule has 0 aromatic heterocycles. The molecule has 1 fully saturated rings. The second-order valence-electron chi connectivity index (χ2n) is 9.62. The van der Waals surface area contributed by atoms with Gasteiger partial charge in [-0.2, -0.15) is 0 Å². The number of amides is 2. The molecule has 1 atom stereocenters. The minimum absolute atomic E-state index is 0.111. The van der Waals surface area contributed by atoms with E-state index in [1.165, 1.54) is 12.0 Å². The number of sulfonamides is 1. The molecule has 0 saturated heterocycles. The molecule has 2 amide bonds. The van der Waals surface area contributed by atoms with Crippen molar-refractivity contribution in [3.8, 4) is 5.75 Å². The number of benzene rings is 2. The third-order valence-corrected chi connectivity index (χ3v) is 7.75. The molecule has 2 aromatic rings. The highest BCUT2D eigenvalue weighted by atomic mass is 32.2. The summed E-state index contributed by atoms with van der Waals surface area (Å²) in [5.41, 5.74) is 3.05. The van der Waals surface area contributed by atoms with Gasteiger partial charge in [0.2, 0.25) is 21.8 Å². The highest BCUT2D eigenvalue weighted by Gasteiger charge is 2.32. The fourth-order valence-electron chi connectivity index (χ4n) is 4.45. The monoisotopic (exact) mass is 515 g/mol. The Morgan fingerprint density at radius 1 is 1.06 bits per heavy atom. The van der Waals surface area contributed by atoms with E-state index in [4.69, 9.17) is 4.74 Å². The van der Waals surface area contributed by atoms with Crippen molar-refractivity contribution >= 4 is 27.5 Å². The van der Waals surface area contributed by atoms with Crippen molar-refractivity contribution in [3.05, 3.63) is 59.2 Å². The van der Waals surface area contributed by atoms with Gasteiger partial charge in [0.15, 0.2) is 0 Å². The van der Waals surface area contributed by atoms with E-state index in [2.05, 4.69) is 5.32 Å². The average Bonchev–Trinajstić information content (AvgIpc) is 3.33. The number of methoxy groups -OCH3 is 1. The average molecular weight is 516 g/mol. The van der Waals surface area contributed by atoms with E-state index in [1.807, 2.05) is 44.2 Å². The van der Waals surface area contributed by atoms with Crippen molar-refractivity contribution < 1.29 is 22.7 Å². The number of anilines is 1. The number of carbonyl (C=O) groups excluding carboxylic acids is 2. The van der Waals surface area contributed by atoms with Gasteiger partial charge in [0.25, 0.3) is 0 Å². The largest absolute Gasteiger partial charge is 0.495 e. The number of hydrogen-bond acceptors (Lipinski definition) is 5. The van der Waals surface area contributed by atoms with Crippen LogP contribution in [0.2, 0.25) is 0 Å². The summed E-state index contributed by atoms with van der Waals surface area (Å²) in [5, 5.41) is 3.07. The van der Waals surface area contributed by atoms with Crippen LogP contribution in [0.4, 0.5) is 5.69 Å². The topological polar surface area (TPSA) is 96.0 Å². The first kappa shape index (κ1) is 27.5. The molecule has 0 heterocycles. The van der Waals surface area contributed by atoms with Crippen molar-refractivity contribution in [2.24, 2.45) is 0 Å². The van der Waals surface area contributed by atoms with E-state index in [0.29, 0.717) is 5.75 Å². The van der Waals surface area contributed by atoms with E-state index in [1.54, 1.807) is 19.1 Å². The fraction of sp³-hybridized carbons (Fsp3) is 0.481. The molecule has 0 aliphatic heterocycles. The first-order valence-electron chi connectivity index (χ1n) is 12.3. The zero-order chi connectivity index (χ0) is 26.5. The van der Waals surface area contributed by atoms with Gasteiger partial charge in [-0.25, -0.2) is 8.42 Å². The molecular formula is C27H37N3O5S. The molecule has 0 unspecified atom stereocenters. The fourth-order valence-corrected chi connectivity index (χ4v) is 5.30. The second-order valence-corrected chi connectivity index (χ2v) is 11.5. The molecule has 1 N–H and O–H groups in total. The van der Waals surface area contributed by atoms with Gasteiger partial charge in [-0.05, 0) is 56.9 Å². The standard InChI is InChI=1S/C27H37N3O5S/c1-19-10-13-22(14-11-19)17-29(21(3)27(32)28-23-8-6-7-9-23)26(31)18-30(36(5,33)34)24-16-20(2)12-15-25(24)35-4/h10-16,21,23H,6-9,17-18H2,1-5H3,(H,28,32)/t21-/m1/s1. The van der Waals surface area contributed by atoms with E-state index in [0.717, 1.165) is 52.9 Å². The number of rotatable bonds is 10. The van der Waals surface area contributed by atoms with Gasteiger partial charge in [-0.3, -0.25) is 13.9 Å². The maximum Gasteiger partial charge on any atom is 0.244 e. The van der Waals surface area contributed by atoms with Crippen LogP contribution in [-0.2, 0) is 26.2 Å². The van der Waals surface area contributed by atoms with Crippen molar-refractivity contribution in [3.63, 3.8) is 0 Å². The number of carbonyl (C=O) groups is 2. The van der Waals surface area contributed by atoms with Crippen LogP contribution in [-0.4, -0.2) is 57.1 Å². The van der Waals surface area contributed by atoms with Crippen LogP contribution in [0.25, 0.3) is 0 Å².